The van der Waals surface area contributed by atoms with Gasteiger partial charge in [0, 0.05) is 27.8 Å². The van der Waals surface area contributed by atoms with Gasteiger partial charge in [-0.25, -0.2) is 4.39 Å². The van der Waals surface area contributed by atoms with Crippen molar-refractivity contribution in [2.45, 2.75) is 6.54 Å². The molecular formula is C12H11BrClFN2S. The molecule has 0 atom stereocenters. The van der Waals surface area contributed by atoms with Crippen molar-refractivity contribution >= 4 is 50.2 Å². The highest BCUT2D eigenvalue weighted by molar-refractivity contribution is 9.10. The lowest BCUT2D eigenvalue weighted by atomic mass is 10.2. The second-order valence-corrected chi connectivity index (χ2v) is 6.23. The Labute approximate surface area is 122 Å². The molecule has 2 aromatic rings. The molecule has 2 rings (SSSR count). The minimum Gasteiger partial charge on any atom is -0.397 e. The summed E-state index contributed by atoms with van der Waals surface area (Å²) in [4.78, 5) is 3.06. The summed E-state index contributed by atoms with van der Waals surface area (Å²) < 4.78 is 14.5. The third-order valence-corrected chi connectivity index (χ3v) is 4.47. The van der Waals surface area contributed by atoms with Gasteiger partial charge in [0.25, 0.3) is 0 Å². The molecule has 1 aromatic carbocycles. The Morgan fingerprint density at radius 2 is 2.17 bits per heavy atom. The molecule has 0 unspecified atom stereocenters. The Kier molecular flexibility index (Phi) is 4.14. The van der Waals surface area contributed by atoms with Gasteiger partial charge in [0.2, 0.25) is 0 Å². The van der Waals surface area contributed by atoms with E-state index < -0.39 is 5.82 Å². The molecule has 0 aliphatic rings. The van der Waals surface area contributed by atoms with Crippen molar-refractivity contribution in [2.24, 2.45) is 0 Å². The fourth-order valence-electron chi connectivity index (χ4n) is 1.64. The van der Waals surface area contributed by atoms with E-state index in [2.05, 4.69) is 15.9 Å². The maximum Gasteiger partial charge on any atom is 0.144 e. The van der Waals surface area contributed by atoms with E-state index in [0.29, 0.717) is 17.9 Å². The first-order chi connectivity index (χ1) is 8.47. The van der Waals surface area contributed by atoms with E-state index >= 15 is 0 Å². The fourth-order valence-corrected chi connectivity index (χ4v) is 3.31. The summed E-state index contributed by atoms with van der Waals surface area (Å²) >= 11 is 10.7. The standard InChI is InChI=1S/C12H11BrClFN2S/c1-17(5-8-2-7(13)6-18-8)12-4-10(15)9(14)3-11(12)16/h2-4,6H,5,16H2,1H3. The number of nitrogen functional groups attached to an aromatic ring is 1. The smallest absolute Gasteiger partial charge is 0.144 e. The van der Waals surface area contributed by atoms with E-state index in [-0.39, 0.29) is 5.02 Å². The molecule has 0 saturated carbocycles. The van der Waals surface area contributed by atoms with E-state index in [9.17, 15) is 4.39 Å². The summed E-state index contributed by atoms with van der Waals surface area (Å²) in [5.74, 6) is -0.458. The van der Waals surface area contributed by atoms with E-state index in [4.69, 9.17) is 17.3 Å². The summed E-state index contributed by atoms with van der Waals surface area (Å²) in [5.41, 5.74) is 6.96. The highest BCUT2D eigenvalue weighted by atomic mass is 79.9. The lowest BCUT2D eigenvalue weighted by molar-refractivity contribution is 0.628. The molecule has 0 fully saturated rings. The first-order valence-electron chi connectivity index (χ1n) is 5.16. The normalized spacial score (nSPS) is 10.7. The number of nitrogens with zero attached hydrogens (tertiary/aromatic N) is 1. The summed E-state index contributed by atoms with van der Waals surface area (Å²) in [6.45, 7) is 0.668. The van der Waals surface area contributed by atoms with Gasteiger partial charge in [0.15, 0.2) is 0 Å². The largest absolute Gasteiger partial charge is 0.397 e. The zero-order valence-electron chi connectivity index (χ0n) is 9.58. The molecule has 2 nitrogen and oxygen atoms in total. The van der Waals surface area contributed by atoms with Gasteiger partial charge in [-0.3, -0.25) is 0 Å². The molecule has 0 radical (unpaired) electrons. The van der Waals surface area contributed by atoms with Gasteiger partial charge in [-0.15, -0.1) is 11.3 Å². The van der Waals surface area contributed by atoms with E-state index in [0.717, 1.165) is 4.47 Å². The van der Waals surface area contributed by atoms with Crippen LogP contribution >= 0.6 is 38.9 Å². The number of hydrogen-bond acceptors (Lipinski definition) is 3. The first-order valence-corrected chi connectivity index (χ1v) is 7.21. The zero-order valence-corrected chi connectivity index (χ0v) is 12.7. The molecule has 1 heterocycles. The van der Waals surface area contributed by atoms with E-state index in [1.165, 1.54) is 17.0 Å². The molecular weight excluding hydrogens is 339 g/mol. The summed E-state index contributed by atoms with van der Waals surface area (Å²) in [5, 5.41) is 2.05. The molecule has 0 amide bonds. The number of benzene rings is 1. The van der Waals surface area contributed by atoms with Gasteiger partial charge in [-0.05, 0) is 28.1 Å². The molecule has 0 bridgehead atoms. The maximum absolute atomic E-state index is 13.4. The van der Waals surface area contributed by atoms with Crippen LogP contribution < -0.4 is 10.6 Å². The SMILES string of the molecule is CN(Cc1cc(Br)cs1)c1cc(F)c(Cl)cc1N. The number of anilines is 2. The number of hydrogen-bond donors (Lipinski definition) is 1. The van der Waals surface area contributed by atoms with E-state index in [1.807, 2.05) is 23.4 Å². The molecule has 96 valence electrons. The molecule has 18 heavy (non-hydrogen) atoms. The Balaban J connectivity index is 2.23. The number of halogens is 3. The van der Waals surface area contributed by atoms with Crippen LogP contribution in [0.15, 0.2) is 28.1 Å². The van der Waals surface area contributed by atoms with Gasteiger partial charge in [0.05, 0.1) is 22.9 Å². The predicted molar refractivity (Wildman–Crippen MR) is 79.9 cm³/mol. The third-order valence-electron chi connectivity index (χ3n) is 2.50. The van der Waals surface area contributed by atoms with Crippen LogP contribution in [0.5, 0.6) is 0 Å². The highest BCUT2D eigenvalue weighted by Crippen LogP contribution is 2.30. The van der Waals surface area contributed by atoms with Crippen LogP contribution in [0.4, 0.5) is 15.8 Å². The average Bonchev–Trinajstić information content (AvgIpc) is 2.69. The molecule has 2 N–H and O–H groups in total. The molecule has 0 saturated heterocycles. The van der Waals surface area contributed by atoms with Crippen molar-refractivity contribution in [3.05, 3.63) is 43.8 Å². The highest BCUT2D eigenvalue weighted by Gasteiger charge is 2.11. The molecule has 0 aliphatic carbocycles. The van der Waals surface area contributed by atoms with Gasteiger partial charge < -0.3 is 10.6 Å². The summed E-state index contributed by atoms with van der Waals surface area (Å²) in [7, 11) is 1.87. The third kappa shape index (κ3) is 2.96. The predicted octanol–water partition coefficient (Wildman–Crippen LogP) is 4.52. The van der Waals surface area contributed by atoms with Crippen LogP contribution in [-0.2, 0) is 6.54 Å². The fraction of sp³-hybridized carbons (Fsp3) is 0.167. The number of rotatable bonds is 3. The topological polar surface area (TPSA) is 29.3 Å². The van der Waals surface area contributed by atoms with Crippen molar-refractivity contribution in [1.82, 2.24) is 0 Å². The molecule has 0 aliphatic heterocycles. The second-order valence-electron chi connectivity index (χ2n) is 3.91. The molecule has 0 spiro atoms. The van der Waals surface area contributed by atoms with Crippen LogP contribution in [-0.4, -0.2) is 7.05 Å². The lowest BCUT2D eigenvalue weighted by Crippen LogP contribution is -2.17. The Morgan fingerprint density at radius 1 is 1.44 bits per heavy atom. The Morgan fingerprint density at radius 3 is 2.78 bits per heavy atom. The molecule has 6 heteroatoms. The van der Waals surface area contributed by atoms with E-state index in [1.54, 1.807) is 11.3 Å². The van der Waals surface area contributed by atoms with Crippen LogP contribution in [0, 0.1) is 5.82 Å². The molecule has 1 aromatic heterocycles. The van der Waals surface area contributed by atoms with Gasteiger partial charge >= 0.3 is 0 Å². The lowest BCUT2D eigenvalue weighted by Gasteiger charge is -2.20. The van der Waals surface area contributed by atoms with Crippen LogP contribution in [0.3, 0.4) is 0 Å². The zero-order chi connectivity index (χ0) is 13.3. The first kappa shape index (κ1) is 13.6. The van der Waals surface area contributed by atoms with Crippen molar-refractivity contribution in [1.29, 1.82) is 0 Å². The van der Waals surface area contributed by atoms with Gasteiger partial charge in [-0.1, -0.05) is 11.6 Å². The minimum atomic E-state index is -0.458. The van der Waals surface area contributed by atoms with Gasteiger partial charge in [-0.2, -0.15) is 0 Å². The monoisotopic (exact) mass is 348 g/mol. The van der Waals surface area contributed by atoms with Crippen LogP contribution in [0.2, 0.25) is 5.02 Å². The quantitative estimate of drug-likeness (QED) is 0.825. The Hall–Kier alpha value is -0.780. The van der Waals surface area contributed by atoms with Crippen molar-refractivity contribution in [3.8, 4) is 0 Å². The Bertz CT molecular complexity index is 573. The summed E-state index contributed by atoms with van der Waals surface area (Å²) in [6, 6.07) is 4.83. The number of nitrogens with two attached hydrogens (primary N) is 1. The summed E-state index contributed by atoms with van der Waals surface area (Å²) in [6.07, 6.45) is 0. The van der Waals surface area contributed by atoms with Gasteiger partial charge in [0.1, 0.15) is 5.82 Å². The van der Waals surface area contributed by atoms with Crippen LogP contribution in [0.25, 0.3) is 0 Å². The second kappa shape index (κ2) is 5.47. The van der Waals surface area contributed by atoms with Crippen molar-refractivity contribution < 1.29 is 4.39 Å². The maximum atomic E-state index is 13.4. The number of thiophene rings is 1. The average molecular weight is 350 g/mol. The van der Waals surface area contributed by atoms with Crippen molar-refractivity contribution in [2.75, 3.05) is 17.7 Å². The van der Waals surface area contributed by atoms with Crippen LogP contribution in [0.1, 0.15) is 4.88 Å². The minimum absolute atomic E-state index is 0.0449. The van der Waals surface area contributed by atoms with Crippen molar-refractivity contribution in [3.63, 3.8) is 0 Å².